The summed E-state index contributed by atoms with van der Waals surface area (Å²) in [5.41, 5.74) is 1.37. The van der Waals surface area contributed by atoms with E-state index in [2.05, 4.69) is 19.8 Å². The van der Waals surface area contributed by atoms with Crippen molar-refractivity contribution in [3.63, 3.8) is 0 Å². The highest BCUT2D eigenvalue weighted by Crippen LogP contribution is 2.33. The number of benzene rings is 1. The fraction of sp³-hybridized carbons (Fsp3) is 0.421. The maximum atomic E-state index is 12.9. The van der Waals surface area contributed by atoms with Crippen molar-refractivity contribution < 1.29 is 4.79 Å². The van der Waals surface area contributed by atoms with Gasteiger partial charge in [0.15, 0.2) is 0 Å². The summed E-state index contributed by atoms with van der Waals surface area (Å²) in [5.74, 6) is 0.796. The Bertz CT molecular complexity index is 833. The first-order chi connectivity index (χ1) is 13.1. The fourth-order valence-corrected chi connectivity index (χ4v) is 4.05. The first-order valence-corrected chi connectivity index (χ1v) is 9.94. The molecule has 2 aliphatic heterocycles. The molecule has 0 saturated carbocycles. The van der Waals surface area contributed by atoms with Gasteiger partial charge in [-0.25, -0.2) is 9.97 Å². The molecule has 6 nitrogen and oxygen atoms in total. The summed E-state index contributed by atoms with van der Waals surface area (Å²) in [6.07, 6.45) is 3.82. The highest BCUT2D eigenvalue weighted by Gasteiger charge is 2.25. The number of hydrogen-bond acceptors (Lipinski definition) is 5. The van der Waals surface area contributed by atoms with Crippen LogP contribution in [0.5, 0.6) is 0 Å². The van der Waals surface area contributed by atoms with E-state index in [1.54, 1.807) is 6.07 Å². The standard InChI is InChI=1S/C19H21Cl2N5O/c20-14-4-3-5-16(18(14)21)24-8-10-26(11-9-24)19(27)15-12-17(23-13-22-15)25-6-1-2-7-25/h3-5,12-13H,1-2,6-11H2. The van der Waals surface area contributed by atoms with Gasteiger partial charge in [0.25, 0.3) is 5.91 Å². The summed E-state index contributed by atoms with van der Waals surface area (Å²) in [6, 6.07) is 7.44. The Labute approximate surface area is 168 Å². The van der Waals surface area contributed by atoms with E-state index in [-0.39, 0.29) is 5.91 Å². The van der Waals surface area contributed by atoms with Gasteiger partial charge >= 0.3 is 0 Å². The van der Waals surface area contributed by atoms with E-state index >= 15 is 0 Å². The molecule has 2 aliphatic rings. The van der Waals surface area contributed by atoms with E-state index in [4.69, 9.17) is 23.2 Å². The monoisotopic (exact) mass is 405 g/mol. The molecule has 8 heteroatoms. The normalized spacial score (nSPS) is 17.5. The Morgan fingerprint density at radius 3 is 2.41 bits per heavy atom. The fourth-order valence-electron chi connectivity index (χ4n) is 3.63. The molecule has 4 rings (SSSR count). The Hall–Kier alpha value is -2.05. The molecule has 0 spiro atoms. The molecule has 0 atom stereocenters. The third kappa shape index (κ3) is 3.82. The van der Waals surface area contributed by atoms with Crippen LogP contribution in [0.1, 0.15) is 23.3 Å². The average molecular weight is 406 g/mol. The molecule has 3 heterocycles. The van der Waals surface area contributed by atoms with Crippen LogP contribution in [0.15, 0.2) is 30.6 Å². The highest BCUT2D eigenvalue weighted by atomic mass is 35.5. The average Bonchev–Trinajstić information content (AvgIpc) is 3.25. The molecule has 1 amide bonds. The topological polar surface area (TPSA) is 52.6 Å². The zero-order valence-corrected chi connectivity index (χ0v) is 16.5. The lowest BCUT2D eigenvalue weighted by Gasteiger charge is -2.36. The van der Waals surface area contributed by atoms with E-state index < -0.39 is 0 Å². The molecule has 0 bridgehead atoms. The molecule has 0 unspecified atom stereocenters. The molecule has 2 fully saturated rings. The Kier molecular flexibility index (Phi) is 5.36. The third-order valence-electron chi connectivity index (χ3n) is 5.14. The number of carbonyl (C=O) groups is 1. The number of anilines is 2. The molecule has 0 N–H and O–H groups in total. The lowest BCUT2D eigenvalue weighted by molar-refractivity contribution is 0.0740. The second kappa shape index (κ2) is 7.90. The van der Waals surface area contributed by atoms with Crippen LogP contribution in [0.25, 0.3) is 0 Å². The van der Waals surface area contributed by atoms with Crippen LogP contribution in [0.2, 0.25) is 10.0 Å². The van der Waals surface area contributed by atoms with Crippen molar-refractivity contribution in [2.24, 2.45) is 0 Å². The number of aromatic nitrogens is 2. The minimum absolute atomic E-state index is 0.0466. The van der Waals surface area contributed by atoms with Gasteiger partial charge in [0.2, 0.25) is 0 Å². The van der Waals surface area contributed by atoms with Gasteiger partial charge < -0.3 is 14.7 Å². The van der Waals surface area contributed by atoms with Gasteiger partial charge in [0, 0.05) is 45.3 Å². The smallest absolute Gasteiger partial charge is 0.272 e. The lowest BCUT2D eigenvalue weighted by atomic mass is 10.2. The van der Waals surface area contributed by atoms with Crippen molar-refractivity contribution in [3.05, 3.63) is 46.3 Å². The third-order valence-corrected chi connectivity index (χ3v) is 5.95. The van der Waals surface area contributed by atoms with Crippen molar-refractivity contribution in [1.82, 2.24) is 14.9 Å². The van der Waals surface area contributed by atoms with Crippen LogP contribution in [-0.2, 0) is 0 Å². The molecule has 1 aromatic carbocycles. The summed E-state index contributed by atoms with van der Waals surface area (Å²) < 4.78 is 0. The minimum Gasteiger partial charge on any atom is -0.367 e. The number of nitrogens with zero attached hydrogens (tertiary/aromatic N) is 5. The molecule has 2 aromatic rings. The Morgan fingerprint density at radius 1 is 0.926 bits per heavy atom. The number of halogens is 2. The minimum atomic E-state index is -0.0466. The molecule has 2 saturated heterocycles. The van der Waals surface area contributed by atoms with Crippen LogP contribution < -0.4 is 9.80 Å². The highest BCUT2D eigenvalue weighted by molar-refractivity contribution is 6.43. The van der Waals surface area contributed by atoms with E-state index in [9.17, 15) is 4.79 Å². The molecule has 1 aromatic heterocycles. The van der Waals surface area contributed by atoms with Crippen LogP contribution in [-0.4, -0.2) is 60.0 Å². The van der Waals surface area contributed by atoms with Gasteiger partial charge in [-0.1, -0.05) is 29.3 Å². The number of piperazine rings is 1. The van der Waals surface area contributed by atoms with Gasteiger partial charge in [-0.05, 0) is 25.0 Å². The predicted molar refractivity (Wildman–Crippen MR) is 108 cm³/mol. The molecule has 0 aliphatic carbocycles. The van der Waals surface area contributed by atoms with Gasteiger partial charge in [-0.2, -0.15) is 0 Å². The SMILES string of the molecule is O=C(c1cc(N2CCCC2)ncn1)N1CCN(c2cccc(Cl)c2Cl)CC1. The number of hydrogen-bond donors (Lipinski definition) is 0. The maximum absolute atomic E-state index is 12.9. The molecular weight excluding hydrogens is 385 g/mol. The van der Waals surface area contributed by atoms with E-state index in [0.717, 1.165) is 24.6 Å². The van der Waals surface area contributed by atoms with Crippen molar-refractivity contribution in [1.29, 1.82) is 0 Å². The number of amides is 1. The van der Waals surface area contributed by atoms with Crippen molar-refractivity contribution in [2.75, 3.05) is 49.1 Å². The first kappa shape index (κ1) is 18.3. The van der Waals surface area contributed by atoms with E-state index in [1.807, 2.05) is 23.1 Å². The van der Waals surface area contributed by atoms with Crippen molar-refractivity contribution in [2.45, 2.75) is 12.8 Å². The molecule has 27 heavy (non-hydrogen) atoms. The van der Waals surface area contributed by atoms with Gasteiger partial charge in [0.05, 0.1) is 15.7 Å². The lowest BCUT2D eigenvalue weighted by Crippen LogP contribution is -2.49. The second-order valence-electron chi connectivity index (χ2n) is 6.81. The number of carbonyl (C=O) groups excluding carboxylic acids is 1. The van der Waals surface area contributed by atoms with Crippen LogP contribution in [0.4, 0.5) is 11.5 Å². The summed E-state index contributed by atoms with van der Waals surface area (Å²) in [5, 5.41) is 1.10. The van der Waals surface area contributed by atoms with Crippen molar-refractivity contribution >= 4 is 40.6 Å². The quantitative estimate of drug-likeness (QED) is 0.783. The molecule has 0 radical (unpaired) electrons. The Morgan fingerprint density at radius 2 is 1.67 bits per heavy atom. The zero-order valence-electron chi connectivity index (χ0n) is 14.9. The van der Waals surface area contributed by atoms with Crippen LogP contribution in [0.3, 0.4) is 0 Å². The van der Waals surface area contributed by atoms with Crippen LogP contribution in [0, 0.1) is 0 Å². The Balaban J connectivity index is 1.43. The largest absolute Gasteiger partial charge is 0.367 e. The zero-order chi connectivity index (χ0) is 18.8. The molecular formula is C19H21Cl2N5O. The maximum Gasteiger partial charge on any atom is 0.272 e. The summed E-state index contributed by atoms with van der Waals surface area (Å²) in [7, 11) is 0. The summed E-state index contributed by atoms with van der Waals surface area (Å²) >= 11 is 12.4. The van der Waals surface area contributed by atoms with Gasteiger partial charge in [-0.3, -0.25) is 4.79 Å². The first-order valence-electron chi connectivity index (χ1n) is 9.19. The second-order valence-corrected chi connectivity index (χ2v) is 7.59. The summed E-state index contributed by atoms with van der Waals surface area (Å²) in [6.45, 7) is 4.62. The van der Waals surface area contributed by atoms with Gasteiger partial charge in [0.1, 0.15) is 17.8 Å². The predicted octanol–water partition coefficient (Wildman–Crippen LogP) is 3.35. The van der Waals surface area contributed by atoms with Crippen molar-refractivity contribution in [3.8, 4) is 0 Å². The number of rotatable bonds is 3. The summed E-state index contributed by atoms with van der Waals surface area (Å²) in [4.78, 5) is 27.6. The molecule has 142 valence electrons. The van der Waals surface area contributed by atoms with E-state index in [1.165, 1.54) is 19.2 Å². The van der Waals surface area contributed by atoms with Crippen LogP contribution >= 0.6 is 23.2 Å². The van der Waals surface area contributed by atoms with Gasteiger partial charge in [-0.15, -0.1) is 0 Å². The van der Waals surface area contributed by atoms with E-state index in [0.29, 0.717) is 41.9 Å².